The highest BCUT2D eigenvalue weighted by Crippen LogP contribution is 2.24. The number of anilines is 1. The molecule has 1 aliphatic rings. The summed E-state index contributed by atoms with van der Waals surface area (Å²) in [6, 6.07) is 18.3. The average molecular weight is 435 g/mol. The SMILES string of the molecule is O=C(c1ccc(SCc2cccnc2)cc1)N1CCN(c2cccc([N+](=O)[O-])c2)CC1. The summed E-state index contributed by atoms with van der Waals surface area (Å²) in [5.74, 6) is 0.850. The van der Waals surface area contributed by atoms with Gasteiger partial charge in [-0.2, -0.15) is 0 Å². The maximum atomic E-state index is 12.9. The minimum absolute atomic E-state index is 0.0162. The summed E-state index contributed by atoms with van der Waals surface area (Å²) in [5, 5.41) is 11.0. The number of piperazine rings is 1. The number of nitro groups is 1. The van der Waals surface area contributed by atoms with E-state index in [1.54, 1.807) is 30.1 Å². The van der Waals surface area contributed by atoms with Crippen LogP contribution in [-0.2, 0) is 5.75 Å². The Labute approximate surface area is 184 Å². The van der Waals surface area contributed by atoms with E-state index in [4.69, 9.17) is 0 Å². The number of amides is 1. The van der Waals surface area contributed by atoms with E-state index in [9.17, 15) is 14.9 Å². The summed E-state index contributed by atoms with van der Waals surface area (Å²) in [7, 11) is 0. The van der Waals surface area contributed by atoms with Crippen LogP contribution in [0.25, 0.3) is 0 Å². The van der Waals surface area contributed by atoms with Crippen LogP contribution >= 0.6 is 11.8 Å². The highest BCUT2D eigenvalue weighted by atomic mass is 32.2. The molecule has 0 atom stereocenters. The van der Waals surface area contributed by atoms with Crippen molar-refractivity contribution in [3.05, 3.63) is 94.3 Å². The van der Waals surface area contributed by atoms with E-state index in [2.05, 4.69) is 9.88 Å². The lowest BCUT2D eigenvalue weighted by Crippen LogP contribution is -2.48. The van der Waals surface area contributed by atoms with Crippen LogP contribution in [0.2, 0.25) is 0 Å². The first-order valence-electron chi connectivity index (χ1n) is 10.0. The molecular weight excluding hydrogens is 412 g/mol. The second-order valence-corrected chi connectivity index (χ2v) is 8.28. The molecule has 0 N–H and O–H groups in total. The highest BCUT2D eigenvalue weighted by Gasteiger charge is 2.23. The predicted molar refractivity (Wildman–Crippen MR) is 121 cm³/mol. The molecule has 7 nitrogen and oxygen atoms in total. The maximum absolute atomic E-state index is 12.9. The summed E-state index contributed by atoms with van der Waals surface area (Å²) in [6.45, 7) is 2.45. The van der Waals surface area contributed by atoms with Gasteiger partial charge in [-0.3, -0.25) is 19.9 Å². The molecule has 1 amide bonds. The summed E-state index contributed by atoms with van der Waals surface area (Å²) in [6.07, 6.45) is 3.62. The third-order valence-corrected chi connectivity index (χ3v) is 6.29. The van der Waals surface area contributed by atoms with Crippen molar-refractivity contribution in [3.8, 4) is 0 Å². The Bertz CT molecular complexity index is 1050. The van der Waals surface area contributed by atoms with Crippen LogP contribution in [0.5, 0.6) is 0 Å². The van der Waals surface area contributed by atoms with Gasteiger partial charge in [0, 0.05) is 72.6 Å². The molecule has 0 bridgehead atoms. The Hall–Kier alpha value is -3.39. The van der Waals surface area contributed by atoms with E-state index in [1.165, 1.54) is 6.07 Å². The first kappa shape index (κ1) is 20.9. The fourth-order valence-corrected chi connectivity index (χ4v) is 4.33. The van der Waals surface area contributed by atoms with E-state index in [0.29, 0.717) is 31.7 Å². The Balaban J connectivity index is 1.32. The van der Waals surface area contributed by atoms with Crippen LogP contribution in [0.1, 0.15) is 15.9 Å². The molecule has 1 aliphatic heterocycles. The van der Waals surface area contributed by atoms with Crippen LogP contribution in [0.4, 0.5) is 11.4 Å². The van der Waals surface area contributed by atoms with Crippen LogP contribution in [0, 0.1) is 10.1 Å². The molecule has 4 rings (SSSR count). The Kier molecular flexibility index (Phi) is 6.47. The van der Waals surface area contributed by atoms with Crippen LogP contribution in [0.15, 0.2) is 78.0 Å². The van der Waals surface area contributed by atoms with E-state index >= 15 is 0 Å². The fraction of sp³-hybridized carbons (Fsp3) is 0.217. The zero-order valence-electron chi connectivity index (χ0n) is 16.9. The van der Waals surface area contributed by atoms with Crippen molar-refractivity contribution in [2.24, 2.45) is 0 Å². The molecule has 0 radical (unpaired) electrons. The minimum atomic E-state index is -0.387. The van der Waals surface area contributed by atoms with Gasteiger partial charge in [-0.15, -0.1) is 11.8 Å². The number of benzene rings is 2. The van der Waals surface area contributed by atoms with Gasteiger partial charge in [0.2, 0.25) is 0 Å². The standard InChI is InChI=1S/C23H22N4O3S/c28-23(19-6-8-22(9-7-19)31-17-18-3-2-10-24-16-18)26-13-11-25(12-14-26)20-4-1-5-21(15-20)27(29)30/h1-10,15-16H,11-14,17H2. The second-order valence-electron chi connectivity index (χ2n) is 7.23. The third kappa shape index (κ3) is 5.21. The molecule has 2 aromatic carbocycles. The van der Waals surface area contributed by atoms with Crippen molar-refractivity contribution in [2.75, 3.05) is 31.1 Å². The molecule has 158 valence electrons. The Morgan fingerprint density at radius 3 is 2.48 bits per heavy atom. The number of nitro benzene ring substituents is 1. The molecule has 0 unspecified atom stereocenters. The zero-order valence-corrected chi connectivity index (χ0v) is 17.7. The van der Waals surface area contributed by atoms with Gasteiger partial charge in [-0.1, -0.05) is 12.1 Å². The van der Waals surface area contributed by atoms with Crippen LogP contribution < -0.4 is 4.90 Å². The van der Waals surface area contributed by atoms with Crippen molar-refractivity contribution in [3.63, 3.8) is 0 Å². The van der Waals surface area contributed by atoms with E-state index < -0.39 is 0 Å². The fourth-order valence-electron chi connectivity index (χ4n) is 3.50. The van der Waals surface area contributed by atoms with Crippen molar-refractivity contribution < 1.29 is 9.72 Å². The molecule has 1 aromatic heterocycles. The van der Waals surface area contributed by atoms with Gasteiger partial charge in [0.05, 0.1) is 4.92 Å². The number of hydrogen-bond acceptors (Lipinski definition) is 6. The van der Waals surface area contributed by atoms with E-state index in [-0.39, 0.29) is 16.5 Å². The molecule has 0 spiro atoms. The summed E-state index contributed by atoms with van der Waals surface area (Å²) in [4.78, 5) is 32.6. The highest BCUT2D eigenvalue weighted by molar-refractivity contribution is 7.98. The number of rotatable bonds is 6. The minimum Gasteiger partial charge on any atom is -0.368 e. The number of pyridine rings is 1. The van der Waals surface area contributed by atoms with Crippen LogP contribution in [0.3, 0.4) is 0 Å². The first-order chi connectivity index (χ1) is 15.1. The number of hydrogen-bond donors (Lipinski definition) is 0. The van der Waals surface area contributed by atoms with E-state index in [0.717, 1.165) is 21.9 Å². The number of nitrogens with zero attached hydrogens (tertiary/aromatic N) is 4. The number of carbonyl (C=O) groups is 1. The molecule has 31 heavy (non-hydrogen) atoms. The second kappa shape index (κ2) is 9.61. The van der Waals surface area contributed by atoms with Gasteiger partial charge in [0.15, 0.2) is 0 Å². The molecular formula is C23H22N4O3S. The number of thioether (sulfide) groups is 1. The molecule has 2 heterocycles. The Morgan fingerprint density at radius 1 is 1.03 bits per heavy atom. The molecule has 8 heteroatoms. The molecule has 0 saturated carbocycles. The first-order valence-corrected chi connectivity index (χ1v) is 11.0. The van der Waals surface area contributed by atoms with Gasteiger partial charge in [-0.25, -0.2) is 0 Å². The van der Waals surface area contributed by atoms with Gasteiger partial charge < -0.3 is 9.80 Å². The van der Waals surface area contributed by atoms with Gasteiger partial charge in [0.25, 0.3) is 11.6 Å². The van der Waals surface area contributed by atoms with Crippen molar-refractivity contribution in [1.82, 2.24) is 9.88 Å². The van der Waals surface area contributed by atoms with E-state index in [1.807, 2.05) is 53.6 Å². The van der Waals surface area contributed by atoms with Crippen molar-refractivity contribution in [2.45, 2.75) is 10.6 Å². The smallest absolute Gasteiger partial charge is 0.271 e. The number of aromatic nitrogens is 1. The third-order valence-electron chi connectivity index (χ3n) is 5.20. The van der Waals surface area contributed by atoms with Crippen LogP contribution in [-0.4, -0.2) is 46.9 Å². The van der Waals surface area contributed by atoms with Gasteiger partial charge in [-0.05, 0) is 42.0 Å². The lowest BCUT2D eigenvalue weighted by atomic mass is 10.1. The summed E-state index contributed by atoms with van der Waals surface area (Å²) >= 11 is 1.71. The largest absolute Gasteiger partial charge is 0.368 e. The number of non-ortho nitro benzene ring substituents is 1. The molecule has 3 aromatic rings. The zero-order chi connectivity index (χ0) is 21.6. The van der Waals surface area contributed by atoms with Gasteiger partial charge in [0.1, 0.15) is 0 Å². The lowest BCUT2D eigenvalue weighted by molar-refractivity contribution is -0.384. The molecule has 0 aliphatic carbocycles. The molecule has 1 saturated heterocycles. The normalized spacial score (nSPS) is 13.8. The summed E-state index contributed by atoms with van der Waals surface area (Å²) < 4.78 is 0. The van der Waals surface area contributed by atoms with Crippen molar-refractivity contribution in [1.29, 1.82) is 0 Å². The van der Waals surface area contributed by atoms with Crippen molar-refractivity contribution >= 4 is 29.0 Å². The lowest BCUT2D eigenvalue weighted by Gasteiger charge is -2.36. The number of carbonyl (C=O) groups excluding carboxylic acids is 1. The topological polar surface area (TPSA) is 79.6 Å². The quantitative estimate of drug-likeness (QED) is 0.328. The molecule has 1 fully saturated rings. The monoisotopic (exact) mass is 434 g/mol. The average Bonchev–Trinajstić information content (AvgIpc) is 2.83. The predicted octanol–water partition coefficient (Wildman–Crippen LogP) is 4.24. The Morgan fingerprint density at radius 2 is 1.81 bits per heavy atom. The van der Waals surface area contributed by atoms with Gasteiger partial charge >= 0.3 is 0 Å². The summed E-state index contributed by atoms with van der Waals surface area (Å²) in [5.41, 5.74) is 2.73. The maximum Gasteiger partial charge on any atom is 0.271 e.